The van der Waals surface area contributed by atoms with E-state index in [0.29, 0.717) is 18.5 Å². The summed E-state index contributed by atoms with van der Waals surface area (Å²) in [5.74, 6) is 2.49. The van der Waals surface area contributed by atoms with Crippen molar-refractivity contribution < 1.29 is 4.74 Å². The van der Waals surface area contributed by atoms with E-state index in [9.17, 15) is 0 Å². The van der Waals surface area contributed by atoms with Gasteiger partial charge < -0.3 is 9.64 Å². The number of nitrogens with zero attached hydrogens (tertiary/aromatic N) is 3. The molecule has 1 aliphatic carbocycles. The molecule has 4 nitrogen and oxygen atoms in total. The zero-order valence-electron chi connectivity index (χ0n) is 11.7. The Morgan fingerprint density at radius 1 is 1.42 bits per heavy atom. The molecule has 0 saturated heterocycles. The van der Waals surface area contributed by atoms with Crippen LogP contribution in [0.4, 0.5) is 5.82 Å². The van der Waals surface area contributed by atoms with Crippen LogP contribution in [-0.4, -0.2) is 34.5 Å². The quantitative estimate of drug-likeness (QED) is 0.720. The highest BCUT2D eigenvalue weighted by Gasteiger charge is 2.26. The van der Waals surface area contributed by atoms with Crippen LogP contribution >= 0.6 is 15.9 Å². The fourth-order valence-corrected chi connectivity index (χ4v) is 2.56. The predicted octanol–water partition coefficient (Wildman–Crippen LogP) is 3.33. The molecule has 0 aliphatic heterocycles. The van der Waals surface area contributed by atoms with Crippen LogP contribution in [0.25, 0.3) is 0 Å². The minimum atomic E-state index is 0.640. The molecule has 0 atom stereocenters. The van der Waals surface area contributed by atoms with Gasteiger partial charge in [-0.2, -0.15) is 4.98 Å². The molecule has 5 heteroatoms. The standard InChI is InChI=1S/C14H22BrN3O/c1-3-19-14-10-13(16-11(2)17-14)18(9-5-8-15)12-6-4-7-12/h10,12H,3-9H2,1-2H3. The first-order chi connectivity index (χ1) is 9.24. The Labute approximate surface area is 123 Å². The molecular weight excluding hydrogens is 306 g/mol. The number of aryl methyl sites for hydroxylation is 1. The molecule has 1 fully saturated rings. The number of ether oxygens (including phenoxy) is 1. The van der Waals surface area contributed by atoms with Crippen LogP contribution in [0, 0.1) is 6.92 Å². The molecule has 19 heavy (non-hydrogen) atoms. The largest absolute Gasteiger partial charge is 0.478 e. The second kappa shape index (κ2) is 7.08. The van der Waals surface area contributed by atoms with E-state index in [1.54, 1.807) is 0 Å². The van der Waals surface area contributed by atoms with Gasteiger partial charge in [-0.1, -0.05) is 15.9 Å². The summed E-state index contributed by atoms with van der Waals surface area (Å²) in [4.78, 5) is 11.3. The number of hydrogen-bond acceptors (Lipinski definition) is 4. The Balaban J connectivity index is 2.18. The van der Waals surface area contributed by atoms with E-state index in [0.717, 1.165) is 29.9 Å². The van der Waals surface area contributed by atoms with Crippen molar-refractivity contribution in [1.29, 1.82) is 0 Å². The zero-order valence-corrected chi connectivity index (χ0v) is 13.3. The second-order valence-corrected chi connectivity index (χ2v) is 5.66. The summed E-state index contributed by atoms with van der Waals surface area (Å²) in [6.45, 7) is 5.58. The van der Waals surface area contributed by atoms with Gasteiger partial charge in [-0.3, -0.25) is 0 Å². The van der Waals surface area contributed by atoms with Crippen molar-refractivity contribution in [2.75, 3.05) is 23.4 Å². The molecule has 0 spiro atoms. The first-order valence-electron chi connectivity index (χ1n) is 7.05. The van der Waals surface area contributed by atoms with Gasteiger partial charge in [0.05, 0.1) is 6.61 Å². The van der Waals surface area contributed by atoms with E-state index >= 15 is 0 Å². The van der Waals surface area contributed by atoms with Crippen LogP contribution in [0.15, 0.2) is 6.07 Å². The van der Waals surface area contributed by atoms with E-state index in [-0.39, 0.29) is 0 Å². The number of hydrogen-bond donors (Lipinski definition) is 0. The summed E-state index contributed by atoms with van der Waals surface area (Å²) < 4.78 is 5.53. The second-order valence-electron chi connectivity index (χ2n) is 4.87. The monoisotopic (exact) mass is 327 g/mol. The SMILES string of the molecule is CCOc1cc(N(CCCBr)C2CCC2)nc(C)n1. The maximum absolute atomic E-state index is 5.53. The van der Waals surface area contributed by atoms with Crippen molar-refractivity contribution in [3.63, 3.8) is 0 Å². The summed E-state index contributed by atoms with van der Waals surface area (Å²) >= 11 is 3.51. The van der Waals surface area contributed by atoms with Crippen LogP contribution in [0.3, 0.4) is 0 Å². The Hall–Kier alpha value is -0.840. The van der Waals surface area contributed by atoms with Gasteiger partial charge in [-0.15, -0.1) is 0 Å². The molecule has 0 aromatic carbocycles. The molecule has 106 valence electrons. The van der Waals surface area contributed by atoms with Crippen LogP contribution in [0.2, 0.25) is 0 Å². The zero-order chi connectivity index (χ0) is 13.7. The van der Waals surface area contributed by atoms with Gasteiger partial charge in [-0.05, 0) is 39.5 Å². The van der Waals surface area contributed by atoms with Gasteiger partial charge in [0.2, 0.25) is 5.88 Å². The Bertz CT molecular complexity index is 410. The Morgan fingerprint density at radius 3 is 2.79 bits per heavy atom. The molecule has 0 unspecified atom stereocenters. The predicted molar refractivity (Wildman–Crippen MR) is 81.3 cm³/mol. The highest BCUT2D eigenvalue weighted by Crippen LogP contribution is 2.30. The van der Waals surface area contributed by atoms with Crippen molar-refractivity contribution in [3.05, 3.63) is 11.9 Å². The van der Waals surface area contributed by atoms with Gasteiger partial charge in [0, 0.05) is 24.0 Å². The lowest BCUT2D eigenvalue weighted by molar-refractivity contribution is 0.324. The molecule has 2 rings (SSSR count). The molecule has 1 saturated carbocycles. The van der Waals surface area contributed by atoms with Crippen LogP contribution in [0.1, 0.15) is 38.4 Å². The number of aromatic nitrogens is 2. The summed E-state index contributed by atoms with van der Waals surface area (Å²) in [6, 6.07) is 2.62. The average molecular weight is 328 g/mol. The highest BCUT2D eigenvalue weighted by atomic mass is 79.9. The summed E-state index contributed by atoms with van der Waals surface area (Å²) in [7, 11) is 0. The van der Waals surface area contributed by atoms with Crippen molar-refractivity contribution in [2.45, 2.75) is 45.6 Å². The molecule has 1 aromatic heterocycles. The third-order valence-electron chi connectivity index (χ3n) is 3.44. The van der Waals surface area contributed by atoms with Gasteiger partial charge in [0.1, 0.15) is 11.6 Å². The minimum absolute atomic E-state index is 0.640. The fraction of sp³-hybridized carbons (Fsp3) is 0.714. The van der Waals surface area contributed by atoms with Crippen molar-refractivity contribution in [1.82, 2.24) is 9.97 Å². The molecule has 1 aromatic rings. The van der Waals surface area contributed by atoms with Gasteiger partial charge in [0.15, 0.2) is 0 Å². The van der Waals surface area contributed by atoms with E-state index in [4.69, 9.17) is 4.74 Å². The fourth-order valence-electron chi connectivity index (χ4n) is 2.31. The number of halogens is 1. The normalized spacial score (nSPS) is 15.1. The number of alkyl halides is 1. The Kier molecular flexibility index (Phi) is 5.43. The van der Waals surface area contributed by atoms with E-state index in [2.05, 4.69) is 30.8 Å². The first-order valence-corrected chi connectivity index (χ1v) is 8.17. The van der Waals surface area contributed by atoms with Crippen LogP contribution < -0.4 is 9.64 Å². The molecule has 0 bridgehead atoms. The molecule has 1 aliphatic rings. The van der Waals surface area contributed by atoms with Crippen LogP contribution in [0.5, 0.6) is 5.88 Å². The summed E-state index contributed by atoms with van der Waals surface area (Å²) in [6.07, 6.45) is 5.01. The highest BCUT2D eigenvalue weighted by molar-refractivity contribution is 9.09. The molecule has 0 N–H and O–H groups in total. The first kappa shape index (κ1) is 14.6. The molecule has 0 amide bonds. The lowest BCUT2D eigenvalue weighted by atomic mass is 9.91. The maximum Gasteiger partial charge on any atom is 0.218 e. The summed E-state index contributed by atoms with van der Waals surface area (Å²) in [5.41, 5.74) is 0. The van der Waals surface area contributed by atoms with Gasteiger partial charge in [-0.25, -0.2) is 4.98 Å². The third-order valence-corrected chi connectivity index (χ3v) is 4.00. The van der Waals surface area contributed by atoms with E-state index in [1.807, 2.05) is 19.9 Å². The van der Waals surface area contributed by atoms with Gasteiger partial charge in [0.25, 0.3) is 0 Å². The maximum atomic E-state index is 5.53. The lowest BCUT2D eigenvalue weighted by Gasteiger charge is -2.38. The molecule has 0 radical (unpaired) electrons. The van der Waals surface area contributed by atoms with Crippen LogP contribution in [-0.2, 0) is 0 Å². The van der Waals surface area contributed by atoms with Crippen molar-refractivity contribution in [2.24, 2.45) is 0 Å². The minimum Gasteiger partial charge on any atom is -0.478 e. The average Bonchev–Trinajstić information content (AvgIpc) is 2.31. The smallest absolute Gasteiger partial charge is 0.218 e. The Morgan fingerprint density at radius 2 is 2.21 bits per heavy atom. The van der Waals surface area contributed by atoms with Crippen molar-refractivity contribution >= 4 is 21.7 Å². The number of anilines is 1. The van der Waals surface area contributed by atoms with Gasteiger partial charge >= 0.3 is 0 Å². The lowest BCUT2D eigenvalue weighted by Crippen LogP contribution is -2.41. The number of rotatable bonds is 7. The van der Waals surface area contributed by atoms with Crippen molar-refractivity contribution in [3.8, 4) is 5.88 Å². The third kappa shape index (κ3) is 3.81. The molecular formula is C14H22BrN3O. The molecule has 1 heterocycles. The van der Waals surface area contributed by atoms with E-state index in [1.165, 1.54) is 19.3 Å². The van der Waals surface area contributed by atoms with E-state index < -0.39 is 0 Å². The topological polar surface area (TPSA) is 38.2 Å². The summed E-state index contributed by atoms with van der Waals surface area (Å²) in [5, 5.41) is 1.03.